The maximum absolute atomic E-state index is 12.3. The number of hydrogen-bond donors (Lipinski definition) is 1. The average molecular weight is 469 g/mol. The smallest absolute Gasteiger partial charge is 0.271 e. The van der Waals surface area contributed by atoms with E-state index < -0.39 is 0 Å². The molecule has 0 radical (unpaired) electrons. The summed E-state index contributed by atoms with van der Waals surface area (Å²) >= 11 is 5.26. The fourth-order valence-corrected chi connectivity index (χ4v) is 3.98. The molecule has 0 aromatic heterocycles. The van der Waals surface area contributed by atoms with E-state index in [1.54, 1.807) is 13.3 Å². The van der Waals surface area contributed by atoms with Crippen molar-refractivity contribution in [1.82, 2.24) is 5.43 Å². The second-order valence-corrected chi connectivity index (χ2v) is 8.16. The fourth-order valence-electron chi connectivity index (χ4n) is 2.64. The third-order valence-electron chi connectivity index (χ3n) is 4.16. The Hall–Kier alpha value is -2.57. The van der Waals surface area contributed by atoms with Crippen molar-refractivity contribution < 1.29 is 9.53 Å². The van der Waals surface area contributed by atoms with Gasteiger partial charge >= 0.3 is 0 Å². The van der Waals surface area contributed by atoms with Gasteiger partial charge in [0.1, 0.15) is 5.75 Å². The third-order valence-corrected chi connectivity index (χ3v) is 5.73. The van der Waals surface area contributed by atoms with Crippen LogP contribution in [0.25, 0.3) is 0 Å². The number of halogens is 1. The molecule has 0 bridgehead atoms. The first-order chi connectivity index (χ1) is 14.2. The lowest BCUT2D eigenvalue weighted by Crippen LogP contribution is -2.17. The van der Waals surface area contributed by atoms with Gasteiger partial charge < -0.3 is 4.74 Å². The average Bonchev–Trinajstić information content (AvgIpc) is 2.75. The van der Waals surface area contributed by atoms with Gasteiger partial charge in [-0.1, -0.05) is 58.4 Å². The van der Waals surface area contributed by atoms with Crippen molar-refractivity contribution in [3.63, 3.8) is 0 Å². The number of carbonyl (C=O) groups excluding carboxylic acids is 1. The number of rotatable bonds is 8. The first-order valence-corrected chi connectivity index (χ1v) is 11.0. The Morgan fingerprint density at radius 1 is 1.03 bits per heavy atom. The summed E-state index contributed by atoms with van der Waals surface area (Å²) in [5.41, 5.74) is 6.40. The number of amides is 1. The van der Waals surface area contributed by atoms with E-state index in [0.29, 0.717) is 11.3 Å². The number of methoxy groups -OCH3 is 1. The van der Waals surface area contributed by atoms with Crippen LogP contribution in [-0.4, -0.2) is 19.2 Å². The summed E-state index contributed by atoms with van der Waals surface area (Å²) in [5.74, 6) is 2.30. The molecule has 0 spiro atoms. The van der Waals surface area contributed by atoms with Gasteiger partial charge in [-0.15, -0.1) is 0 Å². The van der Waals surface area contributed by atoms with Gasteiger partial charge in [0.25, 0.3) is 5.91 Å². The number of nitrogens with zero attached hydrogens (tertiary/aromatic N) is 1. The number of thioether (sulfide) groups is 1. The Morgan fingerprint density at radius 3 is 2.41 bits per heavy atom. The molecule has 3 aromatic rings. The van der Waals surface area contributed by atoms with Gasteiger partial charge in [0.15, 0.2) is 0 Å². The Kier molecular flexibility index (Phi) is 7.90. The van der Waals surface area contributed by atoms with Gasteiger partial charge in [0.2, 0.25) is 0 Å². The first kappa shape index (κ1) is 21.1. The minimum Gasteiger partial charge on any atom is -0.496 e. The molecule has 0 saturated carbocycles. The molecule has 1 amide bonds. The third kappa shape index (κ3) is 6.48. The van der Waals surface area contributed by atoms with Crippen molar-refractivity contribution in [3.05, 3.63) is 99.5 Å². The van der Waals surface area contributed by atoms with Crippen LogP contribution in [0.15, 0.2) is 82.4 Å². The Bertz CT molecular complexity index is 976. The van der Waals surface area contributed by atoms with E-state index in [1.165, 1.54) is 11.1 Å². The van der Waals surface area contributed by atoms with E-state index >= 15 is 0 Å². The molecule has 0 fully saturated rings. The van der Waals surface area contributed by atoms with E-state index in [-0.39, 0.29) is 5.91 Å². The monoisotopic (exact) mass is 468 g/mol. The molecule has 3 rings (SSSR count). The minimum atomic E-state index is -0.251. The standard InChI is InChI=1S/C23H21BrN2O2S/c1-28-22-12-11-21(24)13-20(22)14-25-26-23(27)19-9-7-18(8-10-19)16-29-15-17-5-3-2-4-6-17/h2-14H,15-16H2,1H3,(H,26,27)/b25-14-. The summed E-state index contributed by atoms with van der Waals surface area (Å²) in [6.45, 7) is 0. The Morgan fingerprint density at radius 2 is 1.72 bits per heavy atom. The highest BCUT2D eigenvalue weighted by Gasteiger charge is 2.05. The van der Waals surface area contributed by atoms with Crippen molar-refractivity contribution in [2.24, 2.45) is 5.10 Å². The molecule has 29 heavy (non-hydrogen) atoms. The molecule has 0 saturated heterocycles. The molecule has 4 nitrogen and oxygen atoms in total. The topological polar surface area (TPSA) is 50.7 Å². The Balaban J connectivity index is 1.52. The van der Waals surface area contributed by atoms with Crippen LogP contribution in [0.2, 0.25) is 0 Å². The second kappa shape index (κ2) is 10.8. The molecular weight excluding hydrogens is 448 g/mol. The van der Waals surface area contributed by atoms with Crippen molar-refractivity contribution in [1.29, 1.82) is 0 Å². The maximum atomic E-state index is 12.3. The summed E-state index contributed by atoms with van der Waals surface area (Å²) < 4.78 is 6.20. The molecule has 3 aromatic carbocycles. The predicted molar refractivity (Wildman–Crippen MR) is 124 cm³/mol. The summed E-state index contributed by atoms with van der Waals surface area (Å²) in [6, 6.07) is 23.6. The summed E-state index contributed by atoms with van der Waals surface area (Å²) in [4.78, 5) is 12.3. The van der Waals surface area contributed by atoms with Gasteiger partial charge in [-0.2, -0.15) is 16.9 Å². The molecule has 0 atom stereocenters. The van der Waals surface area contributed by atoms with Crippen LogP contribution in [0.5, 0.6) is 5.75 Å². The highest BCUT2D eigenvalue weighted by molar-refractivity contribution is 9.10. The van der Waals surface area contributed by atoms with Crippen LogP contribution in [-0.2, 0) is 11.5 Å². The number of hydrazone groups is 1. The molecule has 0 heterocycles. The van der Waals surface area contributed by atoms with Crippen molar-refractivity contribution in [3.8, 4) is 5.75 Å². The molecule has 148 valence electrons. The van der Waals surface area contributed by atoms with Crippen molar-refractivity contribution in [2.75, 3.05) is 7.11 Å². The number of ether oxygens (including phenoxy) is 1. The van der Waals surface area contributed by atoms with Crippen LogP contribution in [0, 0.1) is 0 Å². The molecule has 0 aliphatic rings. The summed E-state index contributed by atoms with van der Waals surface area (Å²) in [5, 5.41) is 4.04. The SMILES string of the molecule is COc1ccc(Br)cc1/C=N\NC(=O)c1ccc(CSCc2ccccc2)cc1. The van der Waals surface area contributed by atoms with E-state index in [4.69, 9.17) is 4.74 Å². The van der Waals surface area contributed by atoms with Gasteiger partial charge in [-0.25, -0.2) is 5.43 Å². The molecule has 0 unspecified atom stereocenters. The normalized spacial score (nSPS) is 10.8. The lowest BCUT2D eigenvalue weighted by Gasteiger charge is -2.05. The first-order valence-electron chi connectivity index (χ1n) is 9.03. The zero-order valence-electron chi connectivity index (χ0n) is 16.0. The van der Waals surface area contributed by atoms with Crippen LogP contribution in [0.1, 0.15) is 27.0 Å². The Labute approximate surface area is 183 Å². The van der Waals surface area contributed by atoms with Gasteiger partial charge in [-0.3, -0.25) is 4.79 Å². The highest BCUT2D eigenvalue weighted by Crippen LogP contribution is 2.21. The molecule has 1 N–H and O–H groups in total. The largest absolute Gasteiger partial charge is 0.496 e. The second-order valence-electron chi connectivity index (χ2n) is 6.26. The minimum absolute atomic E-state index is 0.251. The van der Waals surface area contributed by atoms with Crippen LogP contribution >= 0.6 is 27.7 Å². The predicted octanol–water partition coefficient (Wildman–Crippen LogP) is 5.66. The zero-order chi connectivity index (χ0) is 20.5. The molecule has 0 aliphatic carbocycles. The molecular formula is C23H21BrN2O2S. The molecule has 6 heteroatoms. The summed E-state index contributed by atoms with van der Waals surface area (Å²) in [7, 11) is 1.60. The van der Waals surface area contributed by atoms with Gasteiger partial charge in [-0.05, 0) is 41.5 Å². The number of carbonyl (C=O) groups is 1. The van der Waals surface area contributed by atoms with Crippen LogP contribution in [0.4, 0.5) is 0 Å². The van der Waals surface area contributed by atoms with E-state index in [9.17, 15) is 4.79 Å². The van der Waals surface area contributed by atoms with E-state index in [1.807, 2.05) is 60.3 Å². The van der Waals surface area contributed by atoms with E-state index in [0.717, 1.165) is 21.5 Å². The number of benzene rings is 3. The van der Waals surface area contributed by atoms with Gasteiger partial charge in [0.05, 0.1) is 13.3 Å². The summed E-state index contributed by atoms with van der Waals surface area (Å²) in [6.07, 6.45) is 1.57. The molecule has 0 aliphatic heterocycles. The number of hydrogen-bond acceptors (Lipinski definition) is 4. The van der Waals surface area contributed by atoms with Crippen LogP contribution < -0.4 is 10.2 Å². The van der Waals surface area contributed by atoms with Gasteiger partial charge in [0, 0.05) is 27.1 Å². The lowest BCUT2D eigenvalue weighted by atomic mass is 10.1. The zero-order valence-corrected chi connectivity index (χ0v) is 18.4. The fraction of sp³-hybridized carbons (Fsp3) is 0.130. The lowest BCUT2D eigenvalue weighted by molar-refractivity contribution is 0.0955. The number of nitrogens with one attached hydrogen (secondary N) is 1. The highest BCUT2D eigenvalue weighted by atomic mass is 79.9. The quantitative estimate of drug-likeness (QED) is 0.343. The van der Waals surface area contributed by atoms with E-state index in [2.05, 4.69) is 50.7 Å². The van der Waals surface area contributed by atoms with Crippen molar-refractivity contribution >= 4 is 39.8 Å². The maximum Gasteiger partial charge on any atom is 0.271 e. The van der Waals surface area contributed by atoms with Crippen molar-refractivity contribution in [2.45, 2.75) is 11.5 Å². The van der Waals surface area contributed by atoms with Crippen LogP contribution in [0.3, 0.4) is 0 Å².